The van der Waals surface area contributed by atoms with Crippen molar-refractivity contribution < 1.29 is 19.8 Å². The summed E-state index contributed by atoms with van der Waals surface area (Å²) in [6, 6.07) is 14.4. The molecular formula is C19H19NO4. The third kappa shape index (κ3) is 3.81. The highest BCUT2D eigenvalue weighted by Gasteiger charge is 2.23. The maximum absolute atomic E-state index is 11.1. The van der Waals surface area contributed by atoms with Crippen LogP contribution in [0.25, 0.3) is 0 Å². The van der Waals surface area contributed by atoms with Crippen LogP contribution in [0.1, 0.15) is 25.0 Å². The Hall–Kier alpha value is -3.08. The second-order valence-corrected chi connectivity index (χ2v) is 5.89. The molecule has 0 unspecified atom stereocenters. The topological polar surface area (TPSA) is 77.8 Å². The molecule has 24 heavy (non-hydrogen) atoms. The Bertz CT molecular complexity index is 746. The second kappa shape index (κ2) is 7.00. The Balaban J connectivity index is 2.29. The number of carbonyl (C=O) groups excluding carboxylic acids is 1. The highest BCUT2D eigenvalue weighted by molar-refractivity contribution is 5.84. The summed E-state index contributed by atoms with van der Waals surface area (Å²) in [7, 11) is 0. The number of hydrogen-bond donors (Lipinski definition) is 2. The number of anilines is 1. The second-order valence-electron chi connectivity index (χ2n) is 5.89. The number of nitrogens with zero attached hydrogens (tertiary/aromatic N) is 1. The monoisotopic (exact) mass is 325 g/mol. The SMILES string of the molecule is CC(C)(c1ccc(O)cc1)c1ccc(N(C=O)C=CC(=O)O)cc1. The Morgan fingerprint density at radius 3 is 1.96 bits per heavy atom. The van der Waals surface area contributed by atoms with Crippen molar-refractivity contribution in [3.05, 3.63) is 71.9 Å². The van der Waals surface area contributed by atoms with E-state index < -0.39 is 5.97 Å². The molecule has 5 heteroatoms. The van der Waals surface area contributed by atoms with Crippen LogP contribution in [-0.2, 0) is 15.0 Å². The van der Waals surface area contributed by atoms with Crippen molar-refractivity contribution in [2.24, 2.45) is 0 Å². The number of aliphatic carboxylic acids is 1. The fourth-order valence-electron chi connectivity index (χ4n) is 2.42. The molecule has 0 aliphatic rings. The Kier molecular flexibility index (Phi) is 5.04. The predicted molar refractivity (Wildman–Crippen MR) is 92.0 cm³/mol. The lowest BCUT2D eigenvalue weighted by molar-refractivity contribution is -0.131. The van der Waals surface area contributed by atoms with Crippen molar-refractivity contribution in [1.82, 2.24) is 0 Å². The molecule has 1 amide bonds. The van der Waals surface area contributed by atoms with Crippen LogP contribution < -0.4 is 4.90 Å². The standard InChI is InChI=1S/C19H19NO4/c1-19(2,15-5-9-17(22)10-6-15)14-3-7-16(8-4-14)20(13-21)12-11-18(23)24/h3-13,22H,1-2H3,(H,23,24). The molecule has 124 valence electrons. The van der Waals surface area contributed by atoms with E-state index in [9.17, 15) is 14.7 Å². The molecule has 2 aromatic rings. The Labute approximate surface area is 140 Å². The van der Waals surface area contributed by atoms with Gasteiger partial charge in [0.25, 0.3) is 0 Å². The number of aromatic hydroxyl groups is 1. The number of carbonyl (C=O) groups is 2. The number of carboxylic acids is 1. The third-order valence-electron chi connectivity index (χ3n) is 3.97. The van der Waals surface area contributed by atoms with Crippen molar-refractivity contribution >= 4 is 18.1 Å². The van der Waals surface area contributed by atoms with Crippen LogP contribution in [0.2, 0.25) is 0 Å². The van der Waals surface area contributed by atoms with Crippen molar-refractivity contribution in [3.63, 3.8) is 0 Å². The van der Waals surface area contributed by atoms with E-state index in [1.54, 1.807) is 24.3 Å². The fourth-order valence-corrected chi connectivity index (χ4v) is 2.42. The zero-order chi connectivity index (χ0) is 17.7. The largest absolute Gasteiger partial charge is 0.508 e. The normalized spacial score (nSPS) is 11.4. The van der Waals surface area contributed by atoms with Gasteiger partial charge in [-0.15, -0.1) is 0 Å². The maximum Gasteiger partial charge on any atom is 0.329 e. The van der Waals surface area contributed by atoms with Gasteiger partial charge in [-0.1, -0.05) is 38.1 Å². The first-order valence-electron chi connectivity index (χ1n) is 7.39. The van der Waals surface area contributed by atoms with Gasteiger partial charge in [-0.3, -0.25) is 9.69 Å². The first-order chi connectivity index (χ1) is 11.3. The number of benzene rings is 2. The molecular weight excluding hydrogens is 306 g/mol. The van der Waals surface area contributed by atoms with E-state index in [2.05, 4.69) is 13.8 Å². The van der Waals surface area contributed by atoms with Gasteiger partial charge < -0.3 is 10.2 Å². The minimum Gasteiger partial charge on any atom is -0.508 e. The molecule has 0 atom stereocenters. The summed E-state index contributed by atoms with van der Waals surface area (Å²) >= 11 is 0. The summed E-state index contributed by atoms with van der Waals surface area (Å²) in [5.74, 6) is -0.899. The van der Waals surface area contributed by atoms with Gasteiger partial charge >= 0.3 is 5.97 Å². The zero-order valence-electron chi connectivity index (χ0n) is 13.5. The lowest BCUT2D eigenvalue weighted by atomic mass is 9.78. The molecule has 0 heterocycles. The van der Waals surface area contributed by atoms with Crippen LogP contribution in [0.15, 0.2) is 60.8 Å². The summed E-state index contributed by atoms with van der Waals surface area (Å²) in [5.41, 5.74) is 2.37. The summed E-state index contributed by atoms with van der Waals surface area (Å²) in [6.45, 7) is 4.13. The zero-order valence-corrected chi connectivity index (χ0v) is 13.5. The summed E-state index contributed by atoms with van der Waals surface area (Å²) in [6.07, 6.45) is 2.66. The highest BCUT2D eigenvalue weighted by atomic mass is 16.4. The average molecular weight is 325 g/mol. The molecule has 0 fully saturated rings. The van der Waals surface area contributed by atoms with Crippen molar-refractivity contribution in [3.8, 4) is 5.75 Å². The van der Waals surface area contributed by atoms with E-state index >= 15 is 0 Å². The number of phenolic OH excluding ortho intramolecular Hbond substituents is 1. The van der Waals surface area contributed by atoms with Gasteiger partial charge in [-0.05, 0) is 35.4 Å². The van der Waals surface area contributed by atoms with Gasteiger partial charge in [0.2, 0.25) is 6.41 Å². The molecule has 0 aliphatic carbocycles. The molecule has 0 bridgehead atoms. The Morgan fingerprint density at radius 1 is 1.00 bits per heavy atom. The van der Waals surface area contributed by atoms with Crippen LogP contribution in [0, 0.1) is 0 Å². The van der Waals surface area contributed by atoms with Gasteiger partial charge in [0.15, 0.2) is 0 Å². The quantitative estimate of drug-likeness (QED) is 0.631. The van der Waals surface area contributed by atoms with Crippen LogP contribution in [-0.4, -0.2) is 22.6 Å². The van der Waals surface area contributed by atoms with Crippen LogP contribution in [0.4, 0.5) is 5.69 Å². The number of hydrogen-bond acceptors (Lipinski definition) is 3. The lowest BCUT2D eigenvalue weighted by Crippen LogP contribution is -2.19. The van der Waals surface area contributed by atoms with Crippen molar-refractivity contribution in [1.29, 1.82) is 0 Å². The first-order valence-corrected chi connectivity index (χ1v) is 7.39. The molecule has 0 saturated heterocycles. The van der Waals surface area contributed by atoms with E-state index in [-0.39, 0.29) is 11.2 Å². The van der Waals surface area contributed by atoms with E-state index in [0.717, 1.165) is 17.2 Å². The van der Waals surface area contributed by atoms with E-state index in [4.69, 9.17) is 5.11 Å². The molecule has 5 nitrogen and oxygen atoms in total. The minimum atomic E-state index is -1.12. The van der Waals surface area contributed by atoms with Crippen LogP contribution in [0.3, 0.4) is 0 Å². The number of amides is 1. The number of phenols is 1. The van der Waals surface area contributed by atoms with E-state index in [0.29, 0.717) is 12.1 Å². The third-order valence-corrected chi connectivity index (χ3v) is 3.97. The predicted octanol–water partition coefficient (Wildman–Crippen LogP) is 3.28. The Morgan fingerprint density at radius 2 is 1.50 bits per heavy atom. The molecule has 2 rings (SSSR count). The molecule has 2 aromatic carbocycles. The van der Waals surface area contributed by atoms with Gasteiger partial charge in [0.05, 0.1) is 0 Å². The summed E-state index contributed by atoms with van der Waals surface area (Å²) in [4.78, 5) is 22.9. The van der Waals surface area contributed by atoms with Gasteiger partial charge in [0.1, 0.15) is 5.75 Å². The number of carboxylic acid groups (broad SMARTS) is 1. The fraction of sp³-hybridized carbons (Fsp3) is 0.158. The minimum absolute atomic E-state index is 0.219. The number of rotatable bonds is 6. The maximum atomic E-state index is 11.1. The molecule has 0 spiro atoms. The van der Waals surface area contributed by atoms with Crippen molar-refractivity contribution in [2.75, 3.05) is 4.90 Å². The lowest BCUT2D eigenvalue weighted by Gasteiger charge is -2.26. The van der Waals surface area contributed by atoms with E-state index in [1.807, 2.05) is 24.3 Å². The van der Waals surface area contributed by atoms with Crippen LogP contribution >= 0.6 is 0 Å². The van der Waals surface area contributed by atoms with Crippen LogP contribution in [0.5, 0.6) is 5.75 Å². The van der Waals surface area contributed by atoms with Crippen molar-refractivity contribution in [2.45, 2.75) is 19.3 Å². The smallest absolute Gasteiger partial charge is 0.329 e. The molecule has 0 aliphatic heterocycles. The molecule has 0 saturated carbocycles. The first kappa shape index (κ1) is 17.3. The average Bonchev–Trinajstić information content (AvgIpc) is 2.56. The van der Waals surface area contributed by atoms with E-state index in [1.165, 1.54) is 11.1 Å². The molecule has 2 N–H and O–H groups in total. The highest BCUT2D eigenvalue weighted by Crippen LogP contribution is 2.33. The summed E-state index contributed by atoms with van der Waals surface area (Å²) in [5, 5.41) is 18.1. The van der Waals surface area contributed by atoms with Gasteiger partial charge in [-0.2, -0.15) is 0 Å². The van der Waals surface area contributed by atoms with Gasteiger partial charge in [0, 0.05) is 23.4 Å². The van der Waals surface area contributed by atoms with Gasteiger partial charge in [-0.25, -0.2) is 4.79 Å². The summed E-state index contributed by atoms with van der Waals surface area (Å²) < 4.78 is 0. The molecule has 0 radical (unpaired) electrons. The molecule has 0 aromatic heterocycles.